The molecule has 0 saturated carbocycles. The Morgan fingerprint density at radius 2 is 2.00 bits per heavy atom. The van der Waals surface area contributed by atoms with Gasteiger partial charge in [-0.25, -0.2) is 0 Å². The smallest absolute Gasteiger partial charge is 0.123 e. The lowest BCUT2D eigenvalue weighted by atomic mass is 10.1. The Hall–Kier alpha value is -1.67. The van der Waals surface area contributed by atoms with E-state index in [1.807, 2.05) is 18.2 Å². The molecule has 1 aliphatic rings. The summed E-state index contributed by atoms with van der Waals surface area (Å²) >= 11 is 6.01. The maximum Gasteiger partial charge on any atom is 0.123 e. The molecular weight excluding hydrogens is 270 g/mol. The summed E-state index contributed by atoms with van der Waals surface area (Å²) < 4.78 is 5.92. The first-order valence-corrected chi connectivity index (χ1v) is 7.26. The zero-order valence-corrected chi connectivity index (χ0v) is 12.5. The molecule has 3 rings (SSSR count). The third kappa shape index (κ3) is 2.75. The summed E-state index contributed by atoms with van der Waals surface area (Å²) in [5.41, 5.74) is 4.96. The lowest BCUT2D eigenvalue weighted by Gasteiger charge is -2.13. The highest BCUT2D eigenvalue weighted by atomic mass is 35.5. The zero-order valence-electron chi connectivity index (χ0n) is 11.7. The third-order valence-corrected chi connectivity index (χ3v) is 4.04. The second-order valence-electron chi connectivity index (χ2n) is 5.38. The van der Waals surface area contributed by atoms with Crippen LogP contribution in [-0.2, 0) is 6.42 Å². The van der Waals surface area contributed by atoms with Gasteiger partial charge in [0.1, 0.15) is 11.9 Å². The normalized spacial score (nSPS) is 16.6. The van der Waals surface area contributed by atoms with E-state index in [0.717, 1.165) is 29.4 Å². The standard InChI is InChI=1S/C17H18ClNO/c1-11-3-5-15(7-12(11)2)19-10-16-9-13-8-14(18)4-6-17(13)20-16/h3-8,16,19H,9-10H2,1-2H3. The van der Waals surface area contributed by atoms with Crippen molar-refractivity contribution in [1.29, 1.82) is 0 Å². The molecule has 1 atom stereocenters. The fourth-order valence-electron chi connectivity index (χ4n) is 2.49. The first kappa shape index (κ1) is 13.3. The molecule has 0 spiro atoms. The van der Waals surface area contributed by atoms with Crippen LogP contribution in [0.15, 0.2) is 36.4 Å². The minimum Gasteiger partial charge on any atom is -0.488 e. The third-order valence-electron chi connectivity index (χ3n) is 3.80. The first-order chi connectivity index (χ1) is 9.61. The molecule has 1 unspecified atom stereocenters. The van der Waals surface area contributed by atoms with Crippen molar-refractivity contribution in [2.75, 3.05) is 11.9 Å². The van der Waals surface area contributed by atoms with Gasteiger partial charge in [0.25, 0.3) is 0 Å². The molecule has 3 heteroatoms. The summed E-state index contributed by atoms with van der Waals surface area (Å²) in [4.78, 5) is 0. The van der Waals surface area contributed by atoms with Gasteiger partial charge in [0.05, 0.1) is 6.54 Å². The Morgan fingerprint density at radius 1 is 1.15 bits per heavy atom. The van der Waals surface area contributed by atoms with Crippen molar-refractivity contribution < 1.29 is 4.74 Å². The molecule has 0 bridgehead atoms. The van der Waals surface area contributed by atoms with Crippen LogP contribution in [0.5, 0.6) is 5.75 Å². The molecule has 1 aliphatic heterocycles. The van der Waals surface area contributed by atoms with Gasteiger partial charge in [0, 0.05) is 17.1 Å². The van der Waals surface area contributed by atoms with Gasteiger partial charge in [0.2, 0.25) is 0 Å². The average Bonchev–Trinajstić information content (AvgIpc) is 2.82. The van der Waals surface area contributed by atoms with Crippen LogP contribution in [0.4, 0.5) is 5.69 Å². The molecule has 0 fully saturated rings. The van der Waals surface area contributed by atoms with Gasteiger partial charge in [-0.1, -0.05) is 17.7 Å². The highest BCUT2D eigenvalue weighted by Gasteiger charge is 2.22. The Balaban J connectivity index is 1.62. The fourth-order valence-corrected chi connectivity index (χ4v) is 2.68. The fraction of sp³-hybridized carbons (Fsp3) is 0.294. The van der Waals surface area contributed by atoms with Gasteiger partial charge >= 0.3 is 0 Å². The van der Waals surface area contributed by atoms with Crippen LogP contribution >= 0.6 is 11.6 Å². The molecule has 0 saturated heterocycles. The Kier molecular flexibility index (Phi) is 3.58. The summed E-state index contributed by atoms with van der Waals surface area (Å²) in [5.74, 6) is 0.960. The van der Waals surface area contributed by atoms with Crippen molar-refractivity contribution >= 4 is 17.3 Å². The van der Waals surface area contributed by atoms with Crippen LogP contribution in [0.25, 0.3) is 0 Å². The van der Waals surface area contributed by atoms with E-state index in [1.54, 1.807) is 0 Å². The van der Waals surface area contributed by atoms with E-state index in [1.165, 1.54) is 16.7 Å². The van der Waals surface area contributed by atoms with Gasteiger partial charge in [-0.05, 0) is 60.9 Å². The number of nitrogens with one attached hydrogen (secondary N) is 1. The molecule has 1 N–H and O–H groups in total. The minimum atomic E-state index is 0.171. The zero-order chi connectivity index (χ0) is 14.1. The summed E-state index contributed by atoms with van der Waals surface area (Å²) in [7, 11) is 0. The maximum atomic E-state index is 6.01. The molecule has 2 aromatic carbocycles. The van der Waals surface area contributed by atoms with Crippen molar-refractivity contribution in [2.45, 2.75) is 26.4 Å². The van der Waals surface area contributed by atoms with Crippen molar-refractivity contribution in [1.82, 2.24) is 0 Å². The number of hydrogen-bond acceptors (Lipinski definition) is 2. The van der Waals surface area contributed by atoms with Crippen LogP contribution in [0.1, 0.15) is 16.7 Å². The molecular formula is C17H18ClNO. The SMILES string of the molecule is Cc1ccc(NCC2Cc3cc(Cl)ccc3O2)cc1C. The van der Waals surface area contributed by atoms with Crippen LogP contribution in [0.2, 0.25) is 5.02 Å². The van der Waals surface area contributed by atoms with Crippen molar-refractivity contribution in [3.8, 4) is 5.75 Å². The monoisotopic (exact) mass is 287 g/mol. The topological polar surface area (TPSA) is 21.3 Å². The van der Waals surface area contributed by atoms with E-state index in [-0.39, 0.29) is 6.10 Å². The lowest BCUT2D eigenvalue weighted by Crippen LogP contribution is -2.23. The van der Waals surface area contributed by atoms with Gasteiger partial charge in [0.15, 0.2) is 0 Å². The number of aryl methyl sites for hydroxylation is 2. The molecule has 0 amide bonds. The predicted octanol–water partition coefficient (Wildman–Crippen LogP) is 4.37. The number of anilines is 1. The quantitative estimate of drug-likeness (QED) is 0.905. The van der Waals surface area contributed by atoms with Gasteiger partial charge in [-0.15, -0.1) is 0 Å². The Bertz CT molecular complexity index is 639. The van der Waals surface area contributed by atoms with Crippen LogP contribution in [-0.4, -0.2) is 12.6 Å². The summed E-state index contributed by atoms with van der Waals surface area (Å²) in [5, 5.41) is 4.22. The van der Waals surface area contributed by atoms with E-state index in [0.29, 0.717) is 0 Å². The molecule has 2 aromatic rings. The van der Waals surface area contributed by atoms with Crippen LogP contribution in [0.3, 0.4) is 0 Å². The minimum absolute atomic E-state index is 0.171. The first-order valence-electron chi connectivity index (χ1n) is 6.88. The summed E-state index contributed by atoms with van der Waals surface area (Å²) in [6.07, 6.45) is 1.08. The molecule has 2 nitrogen and oxygen atoms in total. The summed E-state index contributed by atoms with van der Waals surface area (Å²) in [6, 6.07) is 12.2. The number of ether oxygens (including phenoxy) is 1. The number of halogens is 1. The molecule has 20 heavy (non-hydrogen) atoms. The van der Waals surface area contributed by atoms with Crippen LogP contribution in [0, 0.1) is 13.8 Å². The lowest BCUT2D eigenvalue weighted by molar-refractivity contribution is 0.246. The predicted molar refractivity (Wildman–Crippen MR) is 84.0 cm³/mol. The van der Waals surface area contributed by atoms with E-state index in [4.69, 9.17) is 16.3 Å². The highest BCUT2D eigenvalue weighted by Crippen LogP contribution is 2.31. The molecule has 0 aliphatic carbocycles. The van der Waals surface area contributed by atoms with E-state index < -0.39 is 0 Å². The Labute approximate surface area is 124 Å². The summed E-state index contributed by atoms with van der Waals surface area (Å²) in [6.45, 7) is 5.05. The number of fused-ring (bicyclic) bond motifs is 1. The van der Waals surface area contributed by atoms with Gasteiger partial charge in [-0.3, -0.25) is 0 Å². The molecule has 0 radical (unpaired) electrons. The molecule has 0 aromatic heterocycles. The second-order valence-corrected chi connectivity index (χ2v) is 5.81. The molecule has 1 heterocycles. The number of rotatable bonds is 3. The maximum absolute atomic E-state index is 6.01. The van der Waals surface area contributed by atoms with Gasteiger partial charge < -0.3 is 10.1 Å². The van der Waals surface area contributed by atoms with Gasteiger partial charge in [-0.2, -0.15) is 0 Å². The largest absolute Gasteiger partial charge is 0.488 e. The van der Waals surface area contributed by atoms with Crippen molar-refractivity contribution in [3.05, 3.63) is 58.1 Å². The second kappa shape index (κ2) is 5.37. The van der Waals surface area contributed by atoms with E-state index in [2.05, 4.69) is 37.4 Å². The highest BCUT2D eigenvalue weighted by molar-refractivity contribution is 6.30. The molecule has 104 valence electrons. The number of hydrogen-bond donors (Lipinski definition) is 1. The average molecular weight is 288 g/mol. The van der Waals surface area contributed by atoms with Crippen LogP contribution < -0.4 is 10.1 Å². The van der Waals surface area contributed by atoms with Crippen molar-refractivity contribution in [3.63, 3.8) is 0 Å². The van der Waals surface area contributed by atoms with E-state index in [9.17, 15) is 0 Å². The number of benzene rings is 2. The Morgan fingerprint density at radius 3 is 2.80 bits per heavy atom. The van der Waals surface area contributed by atoms with Crippen molar-refractivity contribution in [2.24, 2.45) is 0 Å². The van der Waals surface area contributed by atoms with E-state index >= 15 is 0 Å².